The fourth-order valence-corrected chi connectivity index (χ4v) is 1.13. The van der Waals surface area contributed by atoms with Crippen LogP contribution < -0.4 is 5.41 Å². The van der Waals surface area contributed by atoms with Gasteiger partial charge in [0.15, 0.2) is 0 Å². The number of rotatable bonds is 4. The number of hydrogen-bond acceptors (Lipinski definition) is 1. The quantitative estimate of drug-likeness (QED) is 0.707. The summed E-state index contributed by atoms with van der Waals surface area (Å²) in [5.41, 5.74) is 1.10. The van der Waals surface area contributed by atoms with Crippen LogP contribution in [0, 0.1) is 0 Å². The summed E-state index contributed by atoms with van der Waals surface area (Å²) in [6.07, 6.45) is 2.28. The molecule has 0 unspecified atom stereocenters. The molecule has 1 aromatic rings. The van der Waals surface area contributed by atoms with E-state index in [-0.39, 0.29) is 5.78 Å². The van der Waals surface area contributed by atoms with E-state index in [9.17, 15) is 4.79 Å². The number of nitrogens with two attached hydrogens (primary N) is 1. The van der Waals surface area contributed by atoms with E-state index in [2.05, 4.69) is 0 Å². The minimum atomic E-state index is -0.0325. The number of carbonyl (C=O) groups is 1. The Kier molecular flexibility index (Phi) is 3.65. The van der Waals surface area contributed by atoms with Gasteiger partial charge in [-0.05, 0) is 24.1 Å². The fraction of sp³-hybridized carbons (Fsp3) is 0.200. The fourth-order valence-electron chi connectivity index (χ4n) is 1.00. The highest BCUT2D eigenvalue weighted by atomic mass is 35.5. The lowest BCUT2D eigenvalue weighted by molar-refractivity contribution is -0.129. The van der Waals surface area contributed by atoms with Gasteiger partial charge in [-0.2, -0.15) is 0 Å². The maximum Gasteiger partial charge on any atom is 0.218 e. The molecule has 0 spiro atoms. The van der Waals surface area contributed by atoms with Crippen molar-refractivity contribution < 1.29 is 10.2 Å². The van der Waals surface area contributed by atoms with Crippen LogP contribution in [0.3, 0.4) is 0 Å². The highest BCUT2D eigenvalue weighted by Crippen LogP contribution is 2.10. The largest absolute Gasteiger partial charge is 0.288 e. The van der Waals surface area contributed by atoms with Gasteiger partial charge in [0.1, 0.15) is 0 Å². The van der Waals surface area contributed by atoms with Crippen molar-refractivity contribution in [3.63, 3.8) is 0 Å². The van der Waals surface area contributed by atoms with Gasteiger partial charge < -0.3 is 0 Å². The third kappa shape index (κ3) is 3.38. The van der Waals surface area contributed by atoms with Crippen molar-refractivity contribution >= 4 is 23.6 Å². The van der Waals surface area contributed by atoms with Crippen molar-refractivity contribution in [2.45, 2.75) is 12.8 Å². The molecule has 1 rings (SSSR count). The number of benzene rings is 1. The molecule has 0 saturated carbocycles. The van der Waals surface area contributed by atoms with E-state index < -0.39 is 0 Å². The van der Waals surface area contributed by atoms with Gasteiger partial charge in [-0.15, -0.1) is 0 Å². The van der Waals surface area contributed by atoms with Crippen LogP contribution in [-0.2, 0) is 11.2 Å². The Morgan fingerprint density at radius 3 is 2.54 bits per heavy atom. The van der Waals surface area contributed by atoms with Gasteiger partial charge in [0, 0.05) is 11.4 Å². The zero-order chi connectivity index (χ0) is 9.68. The summed E-state index contributed by atoms with van der Waals surface area (Å²) in [6.45, 7) is 0. The van der Waals surface area contributed by atoms with Crippen LogP contribution in [0.4, 0.5) is 0 Å². The number of carbonyl (C=O) groups excluding carboxylic acids is 1. The van der Waals surface area contributed by atoms with Crippen LogP contribution in [0.1, 0.15) is 12.0 Å². The number of hydrogen-bond donors (Lipinski definition) is 1. The molecule has 13 heavy (non-hydrogen) atoms. The number of Topliss-reactive ketones (excluding diaryl/α,β-unsaturated/α-hetero) is 1. The minimum absolute atomic E-state index is 0.0325. The lowest BCUT2D eigenvalue weighted by Crippen LogP contribution is -2.34. The number of halogens is 1. The third-order valence-corrected chi connectivity index (χ3v) is 2.01. The molecular weight excluding hydrogens is 186 g/mol. The molecule has 2 N–H and O–H groups in total. The second-order valence-electron chi connectivity index (χ2n) is 2.76. The molecule has 0 saturated heterocycles. The Hall–Kier alpha value is -1.15. The van der Waals surface area contributed by atoms with Gasteiger partial charge in [-0.3, -0.25) is 10.2 Å². The SMILES string of the molecule is [NH2+]=CC(=O)CCc1ccc(Cl)cc1. The van der Waals surface area contributed by atoms with Crippen LogP contribution in [0.15, 0.2) is 24.3 Å². The van der Waals surface area contributed by atoms with Crippen molar-refractivity contribution in [1.29, 1.82) is 0 Å². The van der Waals surface area contributed by atoms with Crippen molar-refractivity contribution in [3.05, 3.63) is 34.9 Å². The van der Waals surface area contributed by atoms with Gasteiger partial charge in [-0.1, -0.05) is 23.7 Å². The molecule has 3 heteroatoms. The first-order chi connectivity index (χ1) is 6.22. The molecule has 0 heterocycles. The highest BCUT2D eigenvalue weighted by Gasteiger charge is 2.00. The maximum atomic E-state index is 10.8. The summed E-state index contributed by atoms with van der Waals surface area (Å²) in [7, 11) is 0. The molecule has 1 aromatic carbocycles. The molecule has 2 nitrogen and oxygen atoms in total. The smallest absolute Gasteiger partial charge is 0.218 e. The molecule has 0 aliphatic rings. The van der Waals surface area contributed by atoms with Gasteiger partial charge >= 0.3 is 0 Å². The summed E-state index contributed by atoms with van der Waals surface area (Å²) in [5, 5.41) is 5.77. The first kappa shape index (κ1) is 9.93. The third-order valence-electron chi connectivity index (χ3n) is 1.76. The normalized spacial score (nSPS) is 9.62. The summed E-state index contributed by atoms with van der Waals surface area (Å²) >= 11 is 5.71. The van der Waals surface area contributed by atoms with E-state index in [0.29, 0.717) is 17.9 Å². The predicted octanol–water partition coefficient (Wildman–Crippen LogP) is 0.672. The molecular formula is C10H11ClNO+. The summed E-state index contributed by atoms with van der Waals surface area (Å²) in [5.74, 6) is -0.0325. The molecule has 0 fully saturated rings. The summed E-state index contributed by atoms with van der Waals surface area (Å²) < 4.78 is 0. The van der Waals surface area contributed by atoms with E-state index in [0.717, 1.165) is 11.8 Å². The molecule has 68 valence electrons. The van der Waals surface area contributed by atoms with E-state index in [1.54, 1.807) is 0 Å². The predicted molar refractivity (Wildman–Crippen MR) is 52.8 cm³/mol. The van der Waals surface area contributed by atoms with Gasteiger partial charge in [-0.25, -0.2) is 0 Å². The van der Waals surface area contributed by atoms with E-state index in [1.165, 1.54) is 0 Å². The molecule has 0 atom stereocenters. The van der Waals surface area contributed by atoms with Crippen LogP contribution in [0.2, 0.25) is 5.02 Å². The van der Waals surface area contributed by atoms with E-state index in [4.69, 9.17) is 17.0 Å². The van der Waals surface area contributed by atoms with Crippen LogP contribution in [-0.4, -0.2) is 12.0 Å². The van der Waals surface area contributed by atoms with Crippen LogP contribution >= 0.6 is 11.6 Å². The van der Waals surface area contributed by atoms with Gasteiger partial charge in [0.25, 0.3) is 0 Å². The second-order valence-corrected chi connectivity index (χ2v) is 3.20. The van der Waals surface area contributed by atoms with Gasteiger partial charge in [0.05, 0.1) is 0 Å². The maximum absolute atomic E-state index is 10.8. The first-order valence-corrected chi connectivity index (χ1v) is 4.42. The van der Waals surface area contributed by atoms with Gasteiger partial charge in [0.2, 0.25) is 12.0 Å². The minimum Gasteiger partial charge on any atom is -0.288 e. The Morgan fingerprint density at radius 1 is 1.38 bits per heavy atom. The van der Waals surface area contributed by atoms with Crippen LogP contribution in [0.5, 0.6) is 0 Å². The molecule has 0 radical (unpaired) electrons. The topological polar surface area (TPSA) is 42.7 Å². The average Bonchev–Trinajstić information content (AvgIpc) is 2.16. The van der Waals surface area contributed by atoms with E-state index in [1.807, 2.05) is 24.3 Å². The number of aryl methyl sites for hydroxylation is 1. The molecule has 0 aliphatic carbocycles. The standard InChI is InChI=1S/C10H10ClNO/c11-9-4-1-8(2-5-9)3-6-10(13)7-12/h1-2,4-5,7,12H,3,6H2/p+1. The van der Waals surface area contributed by atoms with Crippen LogP contribution in [0.25, 0.3) is 0 Å². The lowest BCUT2D eigenvalue weighted by Gasteiger charge is -1.97. The Labute approximate surface area is 82.0 Å². The molecule has 0 aliphatic heterocycles. The molecule has 0 amide bonds. The monoisotopic (exact) mass is 196 g/mol. The first-order valence-electron chi connectivity index (χ1n) is 4.04. The zero-order valence-electron chi connectivity index (χ0n) is 7.16. The van der Waals surface area contributed by atoms with Crippen molar-refractivity contribution in [3.8, 4) is 0 Å². The Balaban J connectivity index is 2.50. The summed E-state index contributed by atoms with van der Waals surface area (Å²) in [4.78, 5) is 10.8. The van der Waals surface area contributed by atoms with Crippen molar-refractivity contribution in [2.24, 2.45) is 0 Å². The summed E-state index contributed by atoms with van der Waals surface area (Å²) in [6, 6.07) is 7.44. The Bertz CT molecular complexity index is 305. The Morgan fingerprint density at radius 2 is 2.00 bits per heavy atom. The molecule has 0 bridgehead atoms. The zero-order valence-corrected chi connectivity index (χ0v) is 7.92. The molecule has 0 aromatic heterocycles. The second kappa shape index (κ2) is 4.77. The van der Waals surface area contributed by atoms with Crippen molar-refractivity contribution in [2.75, 3.05) is 0 Å². The highest BCUT2D eigenvalue weighted by molar-refractivity contribution is 6.30. The number of ketones is 1. The lowest BCUT2D eigenvalue weighted by atomic mass is 10.1. The average molecular weight is 197 g/mol. The van der Waals surface area contributed by atoms with E-state index >= 15 is 0 Å². The van der Waals surface area contributed by atoms with Crippen molar-refractivity contribution in [1.82, 2.24) is 0 Å².